The van der Waals surface area contributed by atoms with Crippen molar-refractivity contribution in [2.45, 2.75) is 25.7 Å². The number of esters is 2. The molecule has 3 rings (SSSR count). The SMILES string of the molecule is CC1=C[C@@H](O/C=C2\C(=O)O[C@H]3C=CC[C@@H]23)OC1=O. The highest BCUT2D eigenvalue weighted by Gasteiger charge is 2.40. The molecule has 5 nitrogen and oxygen atoms in total. The zero-order valence-corrected chi connectivity index (χ0v) is 9.79. The highest BCUT2D eigenvalue weighted by Crippen LogP contribution is 2.36. The number of hydrogen-bond donors (Lipinski definition) is 0. The minimum Gasteiger partial charge on any atom is -0.458 e. The monoisotopic (exact) mass is 248 g/mol. The van der Waals surface area contributed by atoms with E-state index in [1.807, 2.05) is 12.2 Å². The fraction of sp³-hybridized carbons (Fsp3) is 0.385. The van der Waals surface area contributed by atoms with Crippen LogP contribution < -0.4 is 0 Å². The smallest absolute Gasteiger partial charge is 0.338 e. The average molecular weight is 248 g/mol. The lowest BCUT2D eigenvalue weighted by Gasteiger charge is -2.09. The molecule has 0 spiro atoms. The van der Waals surface area contributed by atoms with E-state index in [1.54, 1.807) is 13.0 Å². The summed E-state index contributed by atoms with van der Waals surface area (Å²) < 4.78 is 15.4. The van der Waals surface area contributed by atoms with Gasteiger partial charge in [-0.25, -0.2) is 9.59 Å². The van der Waals surface area contributed by atoms with Gasteiger partial charge in [-0.3, -0.25) is 0 Å². The predicted octanol–water partition coefficient (Wildman–Crippen LogP) is 1.22. The van der Waals surface area contributed by atoms with Crippen molar-refractivity contribution in [2.75, 3.05) is 0 Å². The van der Waals surface area contributed by atoms with E-state index >= 15 is 0 Å². The Labute approximate surface area is 104 Å². The van der Waals surface area contributed by atoms with Gasteiger partial charge in [-0.1, -0.05) is 6.08 Å². The Balaban J connectivity index is 1.70. The van der Waals surface area contributed by atoms with Gasteiger partial charge in [0.2, 0.25) is 0 Å². The first-order valence-electron chi connectivity index (χ1n) is 5.78. The molecule has 1 saturated heterocycles. The molecule has 0 N–H and O–H groups in total. The van der Waals surface area contributed by atoms with E-state index in [0.717, 1.165) is 6.42 Å². The van der Waals surface area contributed by atoms with Crippen molar-refractivity contribution in [3.05, 3.63) is 35.6 Å². The zero-order valence-electron chi connectivity index (χ0n) is 9.79. The Morgan fingerprint density at radius 1 is 1.33 bits per heavy atom. The van der Waals surface area contributed by atoms with E-state index < -0.39 is 12.3 Å². The second-order valence-corrected chi connectivity index (χ2v) is 4.47. The van der Waals surface area contributed by atoms with Crippen LogP contribution in [0.25, 0.3) is 0 Å². The van der Waals surface area contributed by atoms with Gasteiger partial charge in [-0.2, -0.15) is 0 Å². The third-order valence-corrected chi connectivity index (χ3v) is 3.25. The first kappa shape index (κ1) is 11.1. The number of fused-ring (bicyclic) bond motifs is 1. The molecule has 0 saturated carbocycles. The van der Waals surface area contributed by atoms with E-state index in [1.165, 1.54) is 6.26 Å². The Morgan fingerprint density at radius 2 is 2.17 bits per heavy atom. The number of hydrogen-bond acceptors (Lipinski definition) is 5. The number of cyclic esters (lactones) is 1. The van der Waals surface area contributed by atoms with E-state index in [2.05, 4.69) is 0 Å². The highest BCUT2D eigenvalue weighted by atomic mass is 16.7. The van der Waals surface area contributed by atoms with Crippen LogP contribution in [-0.4, -0.2) is 24.3 Å². The van der Waals surface area contributed by atoms with Crippen LogP contribution in [0.3, 0.4) is 0 Å². The third kappa shape index (κ3) is 1.72. The zero-order chi connectivity index (χ0) is 12.7. The molecule has 0 aromatic rings. The summed E-state index contributed by atoms with van der Waals surface area (Å²) in [7, 11) is 0. The lowest BCUT2D eigenvalue weighted by Crippen LogP contribution is -2.12. The molecule has 0 aromatic carbocycles. The molecule has 0 amide bonds. The number of allylic oxidation sites excluding steroid dienone is 1. The maximum Gasteiger partial charge on any atom is 0.338 e. The average Bonchev–Trinajstić information content (AvgIpc) is 2.94. The summed E-state index contributed by atoms with van der Waals surface area (Å²) in [5.74, 6) is -0.730. The summed E-state index contributed by atoms with van der Waals surface area (Å²) in [4.78, 5) is 22.7. The number of carbonyl (C=O) groups is 2. The van der Waals surface area contributed by atoms with Crippen molar-refractivity contribution in [2.24, 2.45) is 5.92 Å². The predicted molar refractivity (Wildman–Crippen MR) is 59.9 cm³/mol. The van der Waals surface area contributed by atoms with Crippen LogP contribution in [0.5, 0.6) is 0 Å². The second-order valence-electron chi connectivity index (χ2n) is 4.47. The molecule has 94 valence electrons. The van der Waals surface area contributed by atoms with Crippen LogP contribution in [0.15, 0.2) is 35.6 Å². The molecule has 2 aliphatic heterocycles. The van der Waals surface area contributed by atoms with Crippen molar-refractivity contribution < 1.29 is 23.8 Å². The summed E-state index contributed by atoms with van der Waals surface area (Å²) in [5.41, 5.74) is 1.01. The summed E-state index contributed by atoms with van der Waals surface area (Å²) in [6, 6.07) is 0. The van der Waals surface area contributed by atoms with Gasteiger partial charge < -0.3 is 14.2 Å². The van der Waals surface area contributed by atoms with Gasteiger partial charge in [0.1, 0.15) is 6.10 Å². The van der Waals surface area contributed by atoms with Crippen LogP contribution >= 0.6 is 0 Å². The minimum atomic E-state index is -0.744. The molecule has 3 atom stereocenters. The Bertz CT molecular complexity index is 500. The fourth-order valence-corrected chi connectivity index (χ4v) is 2.24. The van der Waals surface area contributed by atoms with Crippen LogP contribution in [0.4, 0.5) is 0 Å². The van der Waals surface area contributed by atoms with Crippen molar-refractivity contribution in [3.63, 3.8) is 0 Å². The van der Waals surface area contributed by atoms with Gasteiger partial charge >= 0.3 is 11.9 Å². The van der Waals surface area contributed by atoms with Crippen LogP contribution in [-0.2, 0) is 23.8 Å². The summed E-state index contributed by atoms with van der Waals surface area (Å²) in [6.07, 6.45) is 6.64. The van der Waals surface area contributed by atoms with E-state index in [-0.39, 0.29) is 18.0 Å². The summed E-state index contributed by atoms with van der Waals surface area (Å²) in [6.45, 7) is 1.65. The van der Waals surface area contributed by atoms with Gasteiger partial charge in [0.25, 0.3) is 6.29 Å². The molecule has 1 aliphatic carbocycles. The van der Waals surface area contributed by atoms with Crippen molar-refractivity contribution in [1.29, 1.82) is 0 Å². The fourth-order valence-electron chi connectivity index (χ4n) is 2.24. The molecule has 3 aliphatic rings. The number of carbonyl (C=O) groups excluding carboxylic acids is 2. The Hall–Kier alpha value is -2.04. The van der Waals surface area contributed by atoms with E-state index in [0.29, 0.717) is 11.1 Å². The third-order valence-electron chi connectivity index (χ3n) is 3.25. The molecule has 1 fully saturated rings. The standard InChI is InChI=1S/C13H12O5/c1-7-5-11(18-12(7)14)16-6-9-8-3-2-4-10(8)17-13(9)15/h2,4-6,8,10-11H,3H2,1H3/b9-6-/t8-,10-,11-/m0/s1. The van der Waals surface area contributed by atoms with E-state index in [4.69, 9.17) is 14.2 Å². The summed E-state index contributed by atoms with van der Waals surface area (Å²) in [5, 5.41) is 0. The molecule has 0 unspecified atom stereocenters. The molecule has 18 heavy (non-hydrogen) atoms. The normalized spacial score (nSPS) is 35.5. The molecule has 2 heterocycles. The quantitative estimate of drug-likeness (QED) is 0.318. The maximum absolute atomic E-state index is 11.6. The van der Waals surface area contributed by atoms with Crippen molar-refractivity contribution in [3.8, 4) is 0 Å². The molecule has 0 radical (unpaired) electrons. The number of rotatable bonds is 2. The second kappa shape index (κ2) is 4.01. The van der Waals surface area contributed by atoms with Crippen LogP contribution in [0.2, 0.25) is 0 Å². The minimum absolute atomic E-state index is 0.0275. The highest BCUT2D eigenvalue weighted by molar-refractivity contribution is 5.92. The van der Waals surface area contributed by atoms with E-state index in [9.17, 15) is 9.59 Å². The van der Waals surface area contributed by atoms with Gasteiger partial charge in [-0.05, 0) is 19.4 Å². The lowest BCUT2D eigenvalue weighted by atomic mass is 9.99. The van der Waals surface area contributed by atoms with Gasteiger partial charge in [0, 0.05) is 17.6 Å². The van der Waals surface area contributed by atoms with Crippen molar-refractivity contribution >= 4 is 11.9 Å². The van der Waals surface area contributed by atoms with Crippen LogP contribution in [0, 0.1) is 5.92 Å². The Morgan fingerprint density at radius 3 is 2.89 bits per heavy atom. The topological polar surface area (TPSA) is 61.8 Å². The molecule has 0 aromatic heterocycles. The van der Waals surface area contributed by atoms with Gasteiger partial charge in [0.15, 0.2) is 0 Å². The largest absolute Gasteiger partial charge is 0.458 e. The molecule has 0 bridgehead atoms. The first-order chi connectivity index (χ1) is 8.65. The van der Waals surface area contributed by atoms with Gasteiger partial charge in [0.05, 0.1) is 11.8 Å². The summed E-state index contributed by atoms with van der Waals surface area (Å²) >= 11 is 0. The lowest BCUT2D eigenvalue weighted by molar-refractivity contribution is -0.152. The van der Waals surface area contributed by atoms with Crippen molar-refractivity contribution in [1.82, 2.24) is 0 Å². The van der Waals surface area contributed by atoms with Gasteiger partial charge in [-0.15, -0.1) is 0 Å². The molecular formula is C13H12O5. The maximum atomic E-state index is 11.6. The first-order valence-corrected chi connectivity index (χ1v) is 5.78. The molecule has 5 heteroatoms. The van der Waals surface area contributed by atoms with Crippen LogP contribution in [0.1, 0.15) is 13.3 Å². The number of ether oxygens (including phenoxy) is 3. The Kier molecular flexibility index (Phi) is 2.47. The molecular weight excluding hydrogens is 236 g/mol.